The van der Waals surface area contributed by atoms with Crippen LogP contribution in [0.4, 0.5) is 17.3 Å². The Morgan fingerprint density at radius 2 is 1.53 bits per heavy atom. The zero-order chi connectivity index (χ0) is 20.8. The fourth-order valence-corrected chi connectivity index (χ4v) is 3.16. The molecule has 0 fully saturated rings. The smallest absolute Gasteiger partial charge is 0.274 e. The van der Waals surface area contributed by atoms with Gasteiger partial charge in [0.2, 0.25) is 5.95 Å². The first kappa shape index (κ1) is 19.3. The molecule has 3 aromatic carbocycles. The summed E-state index contributed by atoms with van der Waals surface area (Å²) < 4.78 is 0. The normalized spacial score (nSPS) is 10.4. The lowest BCUT2D eigenvalue weighted by Crippen LogP contribution is -2.21. The van der Waals surface area contributed by atoms with Gasteiger partial charge in [-0.05, 0) is 42.3 Å². The molecule has 0 atom stereocenters. The zero-order valence-electron chi connectivity index (χ0n) is 16.7. The molecule has 1 N–H and O–H groups in total. The molecule has 0 aliphatic heterocycles. The van der Waals surface area contributed by atoms with Crippen molar-refractivity contribution in [3.8, 4) is 0 Å². The Hall–Kier alpha value is -3.99. The number of anilines is 3. The summed E-state index contributed by atoms with van der Waals surface area (Å²) in [6.45, 7) is 2.55. The molecule has 0 saturated carbocycles. The van der Waals surface area contributed by atoms with Crippen molar-refractivity contribution in [3.05, 3.63) is 114 Å². The summed E-state index contributed by atoms with van der Waals surface area (Å²) in [5.41, 5.74) is 4.16. The highest BCUT2D eigenvalue weighted by Gasteiger charge is 2.16. The van der Waals surface area contributed by atoms with Crippen molar-refractivity contribution < 1.29 is 4.79 Å². The van der Waals surface area contributed by atoms with E-state index in [1.54, 1.807) is 12.3 Å². The van der Waals surface area contributed by atoms with E-state index in [9.17, 15) is 4.79 Å². The zero-order valence-corrected chi connectivity index (χ0v) is 16.7. The van der Waals surface area contributed by atoms with Gasteiger partial charge in [-0.1, -0.05) is 66.7 Å². The first-order valence-corrected chi connectivity index (χ1v) is 9.77. The molecule has 0 unspecified atom stereocenters. The highest BCUT2D eigenvalue weighted by Crippen LogP contribution is 2.24. The van der Waals surface area contributed by atoms with E-state index < -0.39 is 0 Å². The minimum Gasteiger partial charge on any atom is -0.320 e. The van der Waals surface area contributed by atoms with Crippen LogP contribution in [-0.4, -0.2) is 15.9 Å². The molecule has 4 rings (SSSR count). The lowest BCUT2D eigenvalue weighted by Gasteiger charge is -2.23. The van der Waals surface area contributed by atoms with Gasteiger partial charge in [-0.3, -0.25) is 4.79 Å². The molecule has 5 heteroatoms. The second-order valence-corrected chi connectivity index (χ2v) is 6.92. The third kappa shape index (κ3) is 4.52. The summed E-state index contributed by atoms with van der Waals surface area (Å²) in [5, 5.41) is 2.93. The molecule has 5 nitrogen and oxygen atoms in total. The number of para-hydroxylation sites is 2. The molecule has 1 aromatic heterocycles. The Kier molecular flexibility index (Phi) is 5.80. The number of hydrogen-bond donors (Lipinski definition) is 1. The summed E-state index contributed by atoms with van der Waals surface area (Å²) in [7, 11) is 0. The van der Waals surface area contributed by atoms with Gasteiger partial charge in [0, 0.05) is 17.6 Å². The van der Waals surface area contributed by atoms with Gasteiger partial charge in [0.05, 0.1) is 6.54 Å². The quantitative estimate of drug-likeness (QED) is 0.477. The van der Waals surface area contributed by atoms with Crippen molar-refractivity contribution in [3.63, 3.8) is 0 Å². The number of aromatic nitrogens is 2. The number of benzene rings is 3. The van der Waals surface area contributed by atoms with Crippen LogP contribution in [0.2, 0.25) is 0 Å². The van der Waals surface area contributed by atoms with Crippen LogP contribution < -0.4 is 10.2 Å². The van der Waals surface area contributed by atoms with E-state index in [2.05, 4.69) is 27.4 Å². The number of nitrogens with zero attached hydrogens (tertiary/aromatic N) is 3. The molecule has 0 saturated heterocycles. The Labute approximate surface area is 176 Å². The Balaban J connectivity index is 1.65. The Morgan fingerprint density at radius 3 is 2.27 bits per heavy atom. The highest BCUT2D eigenvalue weighted by molar-refractivity contribution is 6.03. The standard InChI is InChI=1S/C25H22N4O/c1-19-10-8-9-15-22(19)27-24(30)23-16-17-26-25(28-23)29(21-13-6-3-7-14-21)18-20-11-4-2-5-12-20/h2-17H,18H2,1H3,(H,27,30). The molecule has 0 aliphatic rings. The topological polar surface area (TPSA) is 58.1 Å². The molecule has 4 aromatic rings. The number of hydrogen-bond acceptors (Lipinski definition) is 4. The van der Waals surface area contributed by atoms with Gasteiger partial charge < -0.3 is 10.2 Å². The average Bonchev–Trinajstić information content (AvgIpc) is 2.80. The van der Waals surface area contributed by atoms with E-state index in [0.717, 1.165) is 22.5 Å². The predicted octanol–water partition coefficient (Wildman–Crippen LogP) is 5.38. The lowest BCUT2D eigenvalue weighted by molar-refractivity contribution is 0.102. The number of rotatable bonds is 6. The number of aryl methyl sites for hydroxylation is 1. The van der Waals surface area contributed by atoms with Crippen LogP contribution in [0.25, 0.3) is 0 Å². The van der Waals surface area contributed by atoms with Crippen LogP contribution in [-0.2, 0) is 6.54 Å². The van der Waals surface area contributed by atoms with E-state index in [1.165, 1.54) is 0 Å². The largest absolute Gasteiger partial charge is 0.320 e. The summed E-state index contributed by atoms with van der Waals surface area (Å²) >= 11 is 0. The maximum absolute atomic E-state index is 12.8. The molecule has 148 valence electrons. The Bertz CT molecular complexity index is 1130. The summed E-state index contributed by atoms with van der Waals surface area (Å²) in [4.78, 5) is 23.8. The first-order valence-electron chi connectivity index (χ1n) is 9.77. The molecule has 0 bridgehead atoms. The van der Waals surface area contributed by atoms with Crippen LogP contribution in [0.15, 0.2) is 97.2 Å². The molecule has 0 spiro atoms. The summed E-state index contributed by atoms with van der Waals surface area (Å²) in [6, 6.07) is 29.3. The molecule has 1 heterocycles. The first-order chi connectivity index (χ1) is 14.7. The summed E-state index contributed by atoms with van der Waals surface area (Å²) in [5.74, 6) is 0.211. The van der Waals surface area contributed by atoms with E-state index in [0.29, 0.717) is 18.2 Å². The number of amides is 1. The number of carbonyl (C=O) groups is 1. The third-order valence-electron chi connectivity index (χ3n) is 4.76. The number of nitrogens with one attached hydrogen (secondary N) is 1. The van der Waals surface area contributed by atoms with Crippen LogP contribution in [0.1, 0.15) is 21.6 Å². The molecule has 30 heavy (non-hydrogen) atoms. The van der Waals surface area contributed by atoms with Crippen LogP contribution in [0, 0.1) is 6.92 Å². The maximum atomic E-state index is 12.8. The number of carbonyl (C=O) groups excluding carboxylic acids is 1. The minimum atomic E-state index is -0.263. The van der Waals surface area contributed by atoms with Crippen LogP contribution in [0.3, 0.4) is 0 Å². The van der Waals surface area contributed by atoms with Crippen molar-refractivity contribution >= 4 is 23.2 Å². The fraction of sp³-hybridized carbons (Fsp3) is 0.0800. The molecular weight excluding hydrogens is 372 g/mol. The average molecular weight is 394 g/mol. The van der Waals surface area contributed by atoms with Gasteiger partial charge in [-0.25, -0.2) is 9.97 Å². The van der Waals surface area contributed by atoms with E-state index >= 15 is 0 Å². The van der Waals surface area contributed by atoms with Crippen molar-refractivity contribution in [1.82, 2.24) is 9.97 Å². The second-order valence-electron chi connectivity index (χ2n) is 6.92. The van der Waals surface area contributed by atoms with E-state index in [4.69, 9.17) is 0 Å². The van der Waals surface area contributed by atoms with Crippen molar-refractivity contribution in [2.45, 2.75) is 13.5 Å². The van der Waals surface area contributed by atoms with E-state index in [-0.39, 0.29) is 5.91 Å². The molecule has 1 amide bonds. The molecular formula is C25H22N4O. The third-order valence-corrected chi connectivity index (χ3v) is 4.76. The lowest BCUT2D eigenvalue weighted by atomic mass is 10.2. The highest BCUT2D eigenvalue weighted by atomic mass is 16.1. The fourth-order valence-electron chi connectivity index (χ4n) is 3.16. The van der Waals surface area contributed by atoms with Crippen molar-refractivity contribution in [2.75, 3.05) is 10.2 Å². The van der Waals surface area contributed by atoms with Gasteiger partial charge in [0.15, 0.2) is 0 Å². The van der Waals surface area contributed by atoms with Gasteiger partial charge in [0.25, 0.3) is 5.91 Å². The Morgan fingerprint density at radius 1 is 0.867 bits per heavy atom. The van der Waals surface area contributed by atoms with Gasteiger partial charge in [-0.2, -0.15) is 0 Å². The molecule has 0 radical (unpaired) electrons. The van der Waals surface area contributed by atoms with Crippen LogP contribution >= 0.6 is 0 Å². The van der Waals surface area contributed by atoms with E-state index in [1.807, 2.05) is 84.6 Å². The van der Waals surface area contributed by atoms with Crippen LogP contribution in [0.5, 0.6) is 0 Å². The second kappa shape index (κ2) is 9.01. The minimum absolute atomic E-state index is 0.263. The maximum Gasteiger partial charge on any atom is 0.274 e. The van der Waals surface area contributed by atoms with Gasteiger partial charge >= 0.3 is 0 Å². The van der Waals surface area contributed by atoms with Gasteiger partial charge in [-0.15, -0.1) is 0 Å². The van der Waals surface area contributed by atoms with Gasteiger partial charge in [0.1, 0.15) is 5.69 Å². The molecule has 0 aliphatic carbocycles. The SMILES string of the molecule is Cc1ccccc1NC(=O)c1ccnc(N(Cc2ccccc2)c2ccccc2)n1. The summed E-state index contributed by atoms with van der Waals surface area (Å²) in [6.07, 6.45) is 1.62. The van der Waals surface area contributed by atoms with Crippen molar-refractivity contribution in [1.29, 1.82) is 0 Å². The van der Waals surface area contributed by atoms with Crippen molar-refractivity contribution in [2.24, 2.45) is 0 Å². The monoisotopic (exact) mass is 394 g/mol. The predicted molar refractivity (Wildman–Crippen MR) is 120 cm³/mol.